The average molecular weight is 583 g/mol. The maximum Gasteiger partial charge on any atom is 0.337 e. The molecule has 12 nitrogen and oxygen atoms in total. The zero-order chi connectivity index (χ0) is 30.8. The zero-order valence-electron chi connectivity index (χ0n) is 24.1. The van der Waals surface area contributed by atoms with Gasteiger partial charge in [-0.3, -0.25) is 9.59 Å². The molecule has 1 aromatic carbocycles. The van der Waals surface area contributed by atoms with Gasteiger partial charge in [0.1, 0.15) is 18.8 Å². The van der Waals surface area contributed by atoms with Crippen LogP contribution < -0.4 is 14.8 Å². The summed E-state index contributed by atoms with van der Waals surface area (Å²) in [6.45, 7) is 9.18. The van der Waals surface area contributed by atoms with E-state index in [9.17, 15) is 19.2 Å². The van der Waals surface area contributed by atoms with E-state index in [4.69, 9.17) is 28.4 Å². The van der Waals surface area contributed by atoms with Gasteiger partial charge < -0.3 is 33.7 Å². The number of allylic oxidation sites excluding steroid dienone is 1. The predicted octanol–water partition coefficient (Wildman–Crippen LogP) is 3.01. The van der Waals surface area contributed by atoms with Crippen LogP contribution in [0.5, 0.6) is 11.5 Å². The molecule has 0 bridgehead atoms. The summed E-state index contributed by atoms with van der Waals surface area (Å²) >= 11 is 0. The smallest absolute Gasteiger partial charge is 0.337 e. The van der Waals surface area contributed by atoms with Crippen LogP contribution in [0.15, 0.2) is 60.3 Å². The number of carbonyl (C=O) groups is 4. The summed E-state index contributed by atoms with van der Waals surface area (Å²) in [5.74, 6) is -3.06. The van der Waals surface area contributed by atoms with Gasteiger partial charge in [-0.1, -0.05) is 42.5 Å². The molecule has 1 N–H and O–H groups in total. The van der Waals surface area contributed by atoms with E-state index in [0.29, 0.717) is 11.1 Å². The molecule has 1 aliphatic heterocycles. The third kappa shape index (κ3) is 8.16. The second kappa shape index (κ2) is 14.8. The third-order valence-corrected chi connectivity index (χ3v) is 6.09. The number of nitrogens with zero attached hydrogens (tertiary/aromatic N) is 1. The molecule has 1 aliphatic rings. The Balaban J connectivity index is 1.93. The minimum Gasteiger partial charge on any atom is -0.493 e. The van der Waals surface area contributed by atoms with E-state index in [-0.39, 0.29) is 29.4 Å². The second-order valence-electron chi connectivity index (χ2n) is 9.45. The van der Waals surface area contributed by atoms with Crippen LogP contribution in [0.3, 0.4) is 0 Å². The third-order valence-electron chi connectivity index (χ3n) is 6.09. The molecule has 224 valence electrons. The van der Waals surface area contributed by atoms with E-state index in [0.717, 1.165) is 5.56 Å². The van der Waals surface area contributed by atoms with Crippen molar-refractivity contribution >= 4 is 29.4 Å². The molecule has 1 saturated heterocycles. The number of hydrogen-bond acceptors (Lipinski definition) is 11. The van der Waals surface area contributed by atoms with Crippen LogP contribution in [-0.2, 0) is 33.3 Å². The quantitative estimate of drug-likeness (QED) is 0.145. The van der Waals surface area contributed by atoms with Crippen molar-refractivity contribution in [3.05, 3.63) is 71.6 Å². The second-order valence-corrected chi connectivity index (χ2v) is 9.45. The molecule has 1 fully saturated rings. The Morgan fingerprint density at radius 3 is 2.48 bits per heavy atom. The monoisotopic (exact) mass is 582 g/mol. The van der Waals surface area contributed by atoms with Gasteiger partial charge in [0.05, 0.1) is 19.3 Å². The molecule has 42 heavy (non-hydrogen) atoms. The average Bonchev–Trinajstić information content (AvgIpc) is 3.00. The predicted molar refractivity (Wildman–Crippen MR) is 149 cm³/mol. The van der Waals surface area contributed by atoms with E-state index >= 15 is 0 Å². The molecular formula is C30H34N2O10. The van der Waals surface area contributed by atoms with E-state index in [1.165, 1.54) is 26.3 Å². The highest BCUT2D eigenvalue weighted by Crippen LogP contribution is 2.30. The Morgan fingerprint density at radius 1 is 1.12 bits per heavy atom. The molecule has 2 heterocycles. The van der Waals surface area contributed by atoms with Gasteiger partial charge in [-0.25, -0.2) is 14.6 Å². The SMILES string of the molecule is C=C(C)CO[C@@H]1/C(=C(/C)c2ccccc2)C(=O)OC[C@H](NC(=O)c2nccc(OC)c2OCOC(C)=O)C(=O)O[C@H]1C. The highest BCUT2D eigenvalue weighted by molar-refractivity contribution is 6.00. The molecule has 0 radical (unpaired) electrons. The van der Waals surface area contributed by atoms with Crippen LogP contribution in [-0.4, -0.2) is 74.2 Å². The lowest BCUT2D eigenvalue weighted by Crippen LogP contribution is -2.46. The van der Waals surface area contributed by atoms with Crippen LogP contribution in [0.2, 0.25) is 0 Å². The summed E-state index contributed by atoms with van der Waals surface area (Å²) in [5.41, 5.74) is 1.93. The summed E-state index contributed by atoms with van der Waals surface area (Å²) in [4.78, 5) is 55.2. The van der Waals surface area contributed by atoms with E-state index < -0.39 is 55.5 Å². The van der Waals surface area contributed by atoms with Gasteiger partial charge in [0.2, 0.25) is 6.79 Å². The van der Waals surface area contributed by atoms with Crippen molar-refractivity contribution < 1.29 is 47.6 Å². The summed E-state index contributed by atoms with van der Waals surface area (Å²) in [6, 6.07) is 9.20. The number of ether oxygens (including phenoxy) is 6. The van der Waals surface area contributed by atoms with Crippen molar-refractivity contribution in [1.82, 2.24) is 10.3 Å². The number of methoxy groups -OCH3 is 1. The van der Waals surface area contributed by atoms with Gasteiger partial charge in [0.25, 0.3) is 5.91 Å². The van der Waals surface area contributed by atoms with Crippen molar-refractivity contribution in [1.29, 1.82) is 0 Å². The van der Waals surface area contributed by atoms with Crippen LogP contribution in [0.25, 0.3) is 5.57 Å². The Morgan fingerprint density at radius 2 is 1.83 bits per heavy atom. The lowest BCUT2D eigenvalue weighted by atomic mass is 9.95. The molecule has 0 spiro atoms. The lowest BCUT2D eigenvalue weighted by molar-refractivity contribution is -0.156. The molecule has 3 rings (SSSR count). The number of carbonyl (C=O) groups excluding carboxylic acids is 4. The van der Waals surface area contributed by atoms with Crippen LogP contribution in [0.4, 0.5) is 0 Å². The molecule has 0 unspecified atom stereocenters. The van der Waals surface area contributed by atoms with Gasteiger partial charge in [-0.2, -0.15) is 0 Å². The van der Waals surface area contributed by atoms with Crippen LogP contribution >= 0.6 is 0 Å². The number of esters is 3. The fraction of sp³-hybridized carbons (Fsp3) is 0.367. The lowest BCUT2D eigenvalue weighted by Gasteiger charge is -2.26. The van der Waals surface area contributed by atoms with Crippen molar-refractivity contribution in [2.24, 2.45) is 0 Å². The summed E-state index contributed by atoms with van der Waals surface area (Å²) in [7, 11) is 1.35. The molecule has 2 aromatic rings. The summed E-state index contributed by atoms with van der Waals surface area (Å²) in [6.07, 6.45) is -0.648. The van der Waals surface area contributed by atoms with Gasteiger partial charge in [0.15, 0.2) is 23.2 Å². The number of aromatic nitrogens is 1. The molecular weight excluding hydrogens is 548 g/mol. The van der Waals surface area contributed by atoms with Crippen molar-refractivity contribution in [2.45, 2.75) is 45.9 Å². The molecule has 12 heteroatoms. The van der Waals surface area contributed by atoms with Gasteiger partial charge >= 0.3 is 17.9 Å². The fourth-order valence-corrected chi connectivity index (χ4v) is 4.03. The maximum atomic E-state index is 13.5. The van der Waals surface area contributed by atoms with Crippen molar-refractivity contribution in [2.75, 3.05) is 27.1 Å². The Hall–Kier alpha value is -4.71. The first-order valence-corrected chi connectivity index (χ1v) is 13.0. The van der Waals surface area contributed by atoms with E-state index in [1.54, 1.807) is 20.8 Å². The molecule has 0 saturated carbocycles. The summed E-state index contributed by atoms with van der Waals surface area (Å²) < 4.78 is 32.7. The van der Waals surface area contributed by atoms with Crippen molar-refractivity contribution in [3.8, 4) is 11.5 Å². The van der Waals surface area contributed by atoms with E-state index in [1.807, 2.05) is 30.3 Å². The first kappa shape index (κ1) is 31.8. The number of rotatable bonds is 10. The minimum atomic E-state index is -1.41. The van der Waals surface area contributed by atoms with Gasteiger partial charge in [0, 0.05) is 19.2 Å². The zero-order valence-corrected chi connectivity index (χ0v) is 24.1. The Labute approximate surface area is 243 Å². The minimum absolute atomic E-state index is 0.100. The standard InChI is InChI=1S/C30H34N2O10/c1-17(2)14-38-26-19(4)42-29(35)22(15-39-30(36)24(26)18(3)21-10-8-7-9-11-21)32-28(34)25-27(41-16-40-20(5)33)23(37-6)12-13-31-25/h7-13,19,22,26H,1,14-16H2,2-6H3,(H,32,34)/b24-18+/t19-,22-,26-/m0/s1. The van der Waals surface area contributed by atoms with Crippen LogP contribution in [0.1, 0.15) is 43.7 Å². The normalized spacial score (nSPS) is 20.1. The number of hydrogen-bond donors (Lipinski definition) is 1. The number of cyclic esters (lactones) is 2. The highest BCUT2D eigenvalue weighted by atomic mass is 16.7. The first-order chi connectivity index (χ1) is 20.0. The Kier molecular flexibility index (Phi) is 11.2. The number of amides is 1. The Bertz CT molecular complexity index is 1360. The van der Waals surface area contributed by atoms with E-state index in [2.05, 4.69) is 16.9 Å². The largest absolute Gasteiger partial charge is 0.493 e. The number of benzene rings is 1. The molecule has 1 amide bonds. The van der Waals surface area contributed by atoms with Gasteiger partial charge in [-0.05, 0) is 31.9 Å². The first-order valence-electron chi connectivity index (χ1n) is 13.0. The molecule has 0 aliphatic carbocycles. The van der Waals surface area contributed by atoms with Crippen molar-refractivity contribution in [3.63, 3.8) is 0 Å². The molecule has 1 aromatic heterocycles. The highest BCUT2D eigenvalue weighted by Gasteiger charge is 2.38. The van der Waals surface area contributed by atoms with Gasteiger partial charge in [-0.15, -0.1) is 0 Å². The maximum absolute atomic E-state index is 13.5. The topological polar surface area (TPSA) is 149 Å². The van der Waals surface area contributed by atoms with Crippen LogP contribution in [0, 0.1) is 0 Å². The fourth-order valence-electron chi connectivity index (χ4n) is 4.03. The summed E-state index contributed by atoms with van der Waals surface area (Å²) in [5, 5.41) is 2.49. The number of pyridine rings is 1. The molecule has 3 atom stereocenters. The number of nitrogens with one attached hydrogen (secondary N) is 1.